The summed E-state index contributed by atoms with van der Waals surface area (Å²) in [7, 11) is 3.55. The second kappa shape index (κ2) is 5.69. The number of aryl methyl sites for hydroxylation is 1. The fourth-order valence-electron chi connectivity index (χ4n) is 1.94. The van der Waals surface area contributed by atoms with E-state index in [2.05, 4.69) is 15.3 Å². The molecule has 1 heterocycles. The summed E-state index contributed by atoms with van der Waals surface area (Å²) in [5.74, 6) is 2.59. The van der Waals surface area contributed by atoms with Crippen LogP contribution in [-0.2, 0) is 6.42 Å². The summed E-state index contributed by atoms with van der Waals surface area (Å²) in [5, 5.41) is 3.11. The molecule has 0 unspecified atom stereocenters. The van der Waals surface area contributed by atoms with Gasteiger partial charge >= 0.3 is 0 Å². The Balaban J connectivity index is 2.25. The van der Waals surface area contributed by atoms with Gasteiger partial charge in [-0.05, 0) is 31.5 Å². The van der Waals surface area contributed by atoms with Gasteiger partial charge in [0, 0.05) is 24.7 Å². The van der Waals surface area contributed by atoms with Crippen molar-refractivity contribution in [2.75, 3.05) is 19.5 Å². The molecular formula is C15H19N3O. The molecule has 1 aromatic carbocycles. The van der Waals surface area contributed by atoms with E-state index in [0.29, 0.717) is 0 Å². The van der Waals surface area contributed by atoms with Crippen molar-refractivity contribution in [1.82, 2.24) is 9.97 Å². The number of hydrogen-bond donors (Lipinski definition) is 1. The van der Waals surface area contributed by atoms with E-state index < -0.39 is 0 Å². The quantitative estimate of drug-likeness (QED) is 0.915. The molecule has 100 valence electrons. The van der Waals surface area contributed by atoms with Gasteiger partial charge in [-0.15, -0.1) is 0 Å². The highest BCUT2D eigenvalue weighted by molar-refractivity contribution is 5.45. The Kier molecular flexibility index (Phi) is 4.00. The van der Waals surface area contributed by atoms with Crippen molar-refractivity contribution in [3.63, 3.8) is 0 Å². The van der Waals surface area contributed by atoms with Crippen LogP contribution in [0.15, 0.2) is 24.3 Å². The normalized spacial score (nSPS) is 10.3. The van der Waals surface area contributed by atoms with Gasteiger partial charge in [-0.3, -0.25) is 0 Å². The molecule has 0 aliphatic heterocycles. The molecule has 0 saturated heterocycles. The van der Waals surface area contributed by atoms with Crippen LogP contribution >= 0.6 is 0 Å². The molecule has 2 aromatic rings. The van der Waals surface area contributed by atoms with Crippen LogP contribution < -0.4 is 10.1 Å². The average molecular weight is 257 g/mol. The first kappa shape index (κ1) is 13.3. The Morgan fingerprint density at radius 1 is 1.11 bits per heavy atom. The van der Waals surface area contributed by atoms with E-state index in [9.17, 15) is 0 Å². The highest BCUT2D eigenvalue weighted by Gasteiger charge is 2.07. The van der Waals surface area contributed by atoms with Gasteiger partial charge in [0.15, 0.2) is 0 Å². The smallest absolute Gasteiger partial charge is 0.135 e. The second-order valence-electron chi connectivity index (χ2n) is 4.47. The minimum atomic E-state index is 0.722. The van der Waals surface area contributed by atoms with E-state index in [0.717, 1.165) is 35.1 Å². The van der Waals surface area contributed by atoms with E-state index >= 15 is 0 Å². The number of ether oxygens (including phenoxy) is 1. The summed E-state index contributed by atoms with van der Waals surface area (Å²) >= 11 is 0. The zero-order chi connectivity index (χ0) is 13.8. The lowest BCUT2D eigenvalue weighted by atomic mass is 10.1. The molecule has 0 atom stereocenters. The first-order valence-corrected chi connectivity index (χ1v) is 6.29. The number of aromatic nitrogens is 2. The van der Waals surface area contributed by atoms with E-state index in [1.807, 2.05) is 45.2 Å². The third-order valence-electron chi connectivity index (χ3n) is 3.19. The minimum absolute atomic E-state index is 0.722. The number of benzene rings is 1. The number of methoxy groups -OCH3 is 1. The molecule has 2 rings (SSSR count). The van der Waals surface area contributed by atoms with Crippen molar-refractivity contribution in [3.8, 4) is 5.75 Å². The standard InChI is InChI=1S/C15H19N3O/c1-10-11(2)17-14(18-15(10)16-3)9-12-5-7-13(19-4)8-6-12/h5-8H,9H2,1-4H3,(H,16,17,18). The number of nitrogens with one attached hydrogen (secondary N) is 1. The van der Waals surface area contributed by atoms with Crippen LogP contribution in [0, 0.1) is 13.8 Å². The molecule has 1 N–H and O–H groups in total. The fourth-order valence-corrected chi connectivity index (χ4v) is 1.94. The number of rotatable bonds is 4. The van der Waals surface area contributed by atoms with Crippen LogP contribution in [0.4, 0.5) is 5.82 Å². The van der Waals surface area contributed by atoms with Gasteiger partial charge in [0.05, 0.1) is 7.11 Å². The van der Waals surface area contributed by atoms with Crippen LogP contribution in [-0.4, -0.2) is 24.1 Å². The van der Waals surface area contributed by atoms with Gasteiger partial charge in [-0.1, -0.05) is 12.1 Å². The Morgan fingerprint density at radius 3 is 2.37 bits per heavy atom. The average Bonchev–Trinajstić information content (AvgIpc) is 2.43. The lowest BCUT2D eigenvalue weighted by molar-refractivity contribution is 0.414. The maximum atomic E-state index is 5.15. The molecule has 1 aromatic heterocycles. The Morgan fingerprint density at radius 2 is 1.79 bits per heavy atom. The van der Waals surface area contributed by atoms with Gasteiger partial charge in [-0.25, -0.2) is 9.97 Å². The molecular weight excluding hydrogens is 238 g/mol. The predicted octanol–water partition coefficient (Wildman–Crippen LogP) is 2.73. The number of nitrogens with zero attached hydrogens (tertiary/aromatic N) is 2. The van der Waals surface area contributed by atoms with Crippen molar-refractivity contribution in [1.29, 1.82) is 0 Å². The monoisotopic (exact) mass is 257 g/mol. The van der Waals surface area contributed by atoms with Crippen LogP contribution in [0.5, 0.6) is 5.75 Å². The topological polar surface area (TPSA) is 47.0 Å². The van der Waals surface area contributed by atoms with Gasteiger partial charge < -0.3 is 10.1 Å². The zero-order valence-corrected chi connectivity index (χ0v) is 11.8. The third-order valence-corrected chi connectivity index (χ3v) is 3.19. The molecule has 4 nitrogen and oxygen atoms in total. The fraction of sp³-hybridized carbons (Fsp3) is 0.333. The van der Waals surface area contributed by atoms with Crippen molar-refractivity contribution in [3.05, 3.63) is 46.9 Å². The summed E-state index contributed by atoms with van der Waals surface area (Å²) in [6.45, 7) is 4.04. The summed E-state index contributed by atoms with van der Waals surface area (Å²) in [6, 6.07) is 7.98. The number of anilines is 1. The van der Waals surface area contributed by atoms with Crippen LogP contribution in [0.3, 0.4) is 0 Å². The summed E-state index contributed by atoms with van der Waals surface area (Å²) in [6.07, 6.45) is 0.722. The summed E-state index contributed by atoms with van der Waals surface area (Å²) in [4.78, 5) is 9.07. The molecule has 0 aliphatic rings. The van der Waals surface area contributed by atoms with Crippen LogP contribution in [0.2, 0.25) is 0 Å². The first-order chi connectivity index (χ1) is 9.13. The second-order valence-corrected chi connectivity index (χ2v) is 4.47. The van der Waals surface area contributed by atoms with E-state index in [-0.39, 0.29) is 0 Å². The Bertz CT molecular complexity index is 564. The van der Waals surface area contributed by atoms with Gasteiger partial charge in [-0.2, -0.15) is 0 Å². The number of hydrogen-bond acceptors (Lipinski definition) is 4. The van der Waals surface area contributed by atoms with E-state index in [4.69, 9.17) is 4.74 Å². The highest BCUT2D eigenvalue weighted by Crippen LogP contribution is 2.17. The molecule has 0 saturated carbocycles. The third kappa shape index (κ3) is 3.02. The van der Waals surface area contributed by atoms with Crippen molar-refractivity contribution < 1.29 is 4.74 Å². The van der Waals surface area contributed by atoms with E-state index in [1.54, 1.807) is 7.11 Å². The van der Waals surface area contributed by atoms with Gasteiger partial charge in [0.2, 0.25) is 0 Å². The minimum Gasteiger partial charge on any atom is -0.497 e. The molecule has 19 heavy (non-hydrogen) atoms. The largest absolute Gasteiger partial charge is 0.497 e. The lowest BCUT2D eigenvalue weighted by Crippen LogP contribution is -2.05. The maximum absolute atomic E-state index is 5.15. The van der Waals surface area contributed by atoms with Crippen LogP contribution in [0.1, 0.15) is 22.6 Å². The molecule has 0 bridgehead atoms. The molecule has 0 fully saturated rings. The Labute approximate surface area is 113 Å². The lowest BCUT2D eigenvalue weighted by Gasteiger charge is -2.10. The molecule has 0 radical (unpaired) electrons. The maximum Gasteiger partial charge on any atom is 0.135 e. The molecule has 0 aliphatic carbocycles. The van der Waals surface area contributed by atoms with E-state index in [1.165, 1.54) is 5.56 Å². The first-order valence-electron chi connectivity index (χ1n) is 6.29. The van der Waals surface area contributed by atoms with Crippen LogP contribution in [0.25, 0.3) is 0 Å². The van der Waals surface area contributed by atoms with Crippen molar-refractivity contribution in [2.45, 2.75) is 20.3 Å². The molecule has 4 heteroatoms. The highest BCUT2D eigenvalue weighted by atomic mass is 16.5. The molecule has 0 spiro atoms. The summed E-state index contributed by atoms with van der Waals surface area (Å²) < 4.78 is 5.15. The SMILES string of the molecule is CNc1nc(Cc2ccc(OC)cc2)nc(C)c1C. The Hall–Kier alpha value is -2.10. The van der Waals surface area contributed by atoms with Gasteiger partial charge in [0.25, 0.3) is 0 Å². The van der Waals surface area contributed by atoms with Gasteiger partial charge in [0.1, 0.15) is 17.4 Å². The molecule has 0 amide bonds. The van der Waals surface area contributed by atoms with Crippen molar-refractivity contribution >= 4 is 5.82 Å². The summed E-state index contributed by atoms with van der Waals surface area (Å²) in [5.41, 5.74) is 3.29. The van der Waals surface area contributed by atoms with Crippen molar-refractivity contribution in [2.24, 2.45) is 0 Å². The zero-order valence-electron chi connectivity index (χ0n) is 11.8. The predicted molar refractivity (Wildman–Crippen MR) is 76.9 cm³/mol.